The van der Waals surface area contributed by atoms with Crippen LogP contribution in [0, 0.1) is 0 Å². The van der Waals surface area contributed by atoms with E-state index in [1.165, 1.54) is 43.2 Å². The Labute approximate surface area is 159 Å². The van der Waals surface area contributed by atoms with Gasteiger partial charge in [0.1, 0.15) is 0 Å². The molecule has 0 unspecified atom stereocenters. The summed E-state index contributed by atoms with van der Waals surface area (Å²) in [5, 5.41) is 3.05. The average molecular weight is 360 g/mol. The molecule has 0 aromatic heterocycles. The molecule has 0 spiro atoms. The number of nitrogens with one attached hydrogen (secondary N) is 1. The van der Waals surface area contributed by atoms with Crippen LogP contribution in [0.2, 0.25) is 0 Å². The summed E-state index contributed by atoms with van der Waals surface area (Å²) in [7, 11) is 2.19. The van der Waals surface area contributed by atoms with Crippen LogP contribution >= 0.6 is 0 Å². The van der Waals surface area contributed by atoms with Crippen LogP contribution in [0.3, 0.4) is 0 Å². The van der Waals surface area contributed by atoms with E-state index in [-0.39, 0.29) is 5.91 Å². The van der Waals surface area contributed by atoms with Crippen molar-refractivity contribution in [1.82, 2.24) is 15.1 Å². The first-order valence-electron chi connectivity index (χ1n) is 10.4. The van der Waals surface area contributed by atoms with Gasteiger partial charge < -0.3 is 10.2 Å². The van der Waals surface area contributed by atoms with Crippen LogP contribution in [-0.2, 0) is 17.9 Å². The van der Waals surface area contributed by atoms with E-state index in [2.05, 4.69) is 53.4 Å². The first-order chi connectivity index (χ1) is 12.7. The molecule has 0 saturated carbocycles. The molecule has 0 aliphatic carbocycles. The molecule has 4 heteroatoms. The zero-order valence-electron chi connectivity index (χ0n) is 16.8. The normalized spacial score (nSPS) is 15.9. The van der Waals surface area contributed by atoms with Crippen molar-refractivity contribution >= 4 is 5.91 Å². The number of hydrogen-bond donors (Lipinski definition) is 1. The van der Waals surface area contributed by atoms with Gasteiger partial charge >= 0.3 is 0 Å². The fourth-order valence-electron chi connectivity index (χ4n) is 3.38. The van der Waals surface area contributed by atoms with Crippen LogP contribution in [0.4, 0.5) is 0 Å². The second-order valence-electron chi connectivity index (χ2n) is 7.69. The van der Waals surface area contributed by atoms with Crippen molar-refractivity contribution in [2.24, 2.45) is 0 Å². The van der Waals surface area contributed by atoms with Gasteiger partial charge in [-0.1, -0.05) is 63.3 Å². The third-order valence-corrected chi connectivity index (χ3v) is 5.27. The summed E-state index contributed by atoms with van der Waals surface area (Å²) in [6.45, 7) is 8.50. The van der Waals surface area contributed by atoms with Gasteiger partial charge in [-0.25, -0.2) is 0 Å². The van der Waals surface area contributed by atoms with E-state index < -0.39 is 0 Å². The van der Waals surface area contributed by atoms with Crippen molar-refractivity contribution in [3.63, 3.8) is 0 Å². The number of piperazine rings is 1. The molecule has 26 heavy (non-hydrogen) atoms. The third kappa shape index (κ3) is 8.33. The Morgan fingerprint density at radius 1 is 0.923 bits per heavy atom. The second-order valence-corrected chi connectivity index (χ2v) is 7.69. The Morgan fingerprint density at radius 3 is 2.23 bits per heavy atom. The zero-order valence-corrected chi connectivity index (χ0v) is 16.8. The molecule has 0 bridgehead atoms. The Kier molecular flexibility index (Phi) is 9.72. The molecule has 0 atom stereocenters. The number of carbonyl (C=O) groups is 1. The molecule has 1 aromatic rings. The Morgan fingerprint density at radius 2 is 1.54 bits per heavy atom. The summed E-state index contributed by atoms with van der Waals surface area (Å²) >= 11 is 0. The van der Waals surface area contributed by atoms with Crippen LogP contribution in [0.1, 0.15) is 63.0 Å². The number of rotatable bonds is 11. The number of likely N-dealkylation sites (N-methyl/N-ethyl adjacent to an activating group) is 1. The number of benzene rings is 1. The van der Waals surface area contributed by atoms with Crippen LogP contribution in [0.15, 0.2) is 24.3 Å². The average Bonchev–Trinajstić information content (AvgIpc) is 2.66. The molecular formula is C22H37N3O. The van der Waals surface area contributed by atoms with E-state index in [0.29, 0.717) is 13.0 Å². The molecule has 1 aromatic carbocycles. The van der Waals surface area contributed by atoms with Crippen molar-refractivity contribution in [2.45, 2.75) is 65.0 Å². The van der Waals surface area contributed by atoms with E-state index >= 15 is 0 Å². The van der Waals surface area contributed by atoms with E-state index in [0.717, 1.165) is 39.1 Å². The third-order valence-electron chi connectivity index (χ3n) is 5.27. The topological polar surface area (TPSA) is 35.6 Å². The van der Waals surface area contributed by atoms with Crippen LogP contribution < -0.4 is 5.32 Å². The van der Waals surface area contributed by atoms with Crippen LogP contribution in [0.25, 0.3) is 0 Å². The molecule has 146 valence electrons. The van der Waals surface area contributed by atoms with Gasteiger partial charge in [0.25, 0.3) is 0 Å². The van der Waals surface area contributed by atoms with Gasteiger partial charge in [-0.15, -0.1) is 0 Å². The van der Waals surface area contributed by atoms with Gasteiger partial charge in [-0.3, -0.25) is 9.69 Å². The highest BCUT2D eigenvalue weighted by atomic mass is 16.1. The Balaban J connectivity index is 1.60. The highest BCUT2D eigenvalue weighted by Gasteiger charge is 2.13. The van der Waals surface area contributed by atoms with Crippen molar-refractivity contribution in [3.8, 4) is 0 Å². The molecule has 1 heterocycles. The number of nitrogens with zero attached hydrogens (tertiary/aromatic N) is 2. The lowest BCUT2D eigenvalue weighted by molar-refractivity contribution is -0.121. The quantitative estimate of drug-likeness (QED) is 0.611. The summed E-state index contributed by atoms with van der Waals surface area (Å²) in [4.78, 5) is 16.8. The SMILES string of the molecule is CCCCCCCCC(=O)NCc1ccc(CN2CCN(C)CC2)cc1. The highest BCUT2D eigenvalue weighted by molar-refractivity contribution is 5.75. The summed E-state index contributed by atoms with van der Waals surface area (Å²) in [6, 6.07) is 8.70. The Hall–Kier alpha value is -1.39. The van der Waals surface area contributed by atoms with Gasteiger partial charge in [-0.2, -0.15) is 0 Å². The van der Waals surface area contributed by atoms with Gasteiger partial charge in [-0.05, 0) is 24.6 Å². The minimum absolute atomic E-state index is 0.182. The van der Waals surface area contributed by atoms with Gasteiger partial charge in [0.2, 0.25) is 5.91 Å². The van der Waals surface area contributed by atoms with E-state index in [1.54, 1.807) is 0 Å². The van der Waals surface area contributed by atoms with Crippen molar-refractivity contribution in [1.29, 1.82) is 0 Å². The lowest BCUT2D eigenvalue weighted by Gasteiger charge is -2.32. The van der Waals surface area contributed by atoms with Gasteiger partial charge in [0, 0.05) is 45.7 Å². The van der Waals surface area contributed by atoms with E-state index in [4.69, 9.17) is 0 Å². The fourth-order valence-corrected chi connectivity index (χ4v) is 3.38. The molecule has 1 fully saturated rings. The molecule has 0 radical (unpaired) electrons. The first-order valence-corrected chi connectivity index (χ1v) is 10.4. The van der Waals surface area contributed by atoms with Crippen LogP contribution in [0.5, 0.6) is 0 Å². The molecule has 1 saturated heterocycles. The molecular weight excluding hydrogens is 322 g/mol. The molecule has 1 amide bonds. The maximum absolute atomic E-state index is 11.9. The second kappa shape index (κ2) is 12.1. The fraction of sp³-hybridized carbons (Fsp3) is 0.682. The molecule has 2 rings (SSSR count). The largest absolute Gasteiger partial charge is 0.352 e. The standard InChI is InChI=1S/C22H37N3O/c1-3-4-5-6-7-8-9-22(26)23-18-20-10-12-21(13-11-20)19-25-16-14-24(2)15-17-25/h10-13H,3-9,14-19H2,1-2H3,(H,23,26). The predicted octanol–water partition coefficient (Wildman–Crippen LogP) is 3.80. The number of amides is 1. The summed E-state index contributed by atoms with van der Waals surface area (Å²) in [6.07, 6.45) is 8.00. The lowest BCUT2D eigenvalue weighted by Crippen LogP contribution is -2.43. The number of unbranched alkanes of at least 4 members (excludes halogenated alkanes) is 5. The summed E-state index contributed by atoms with van der Waals surface area (Å²) in [5.41, 5.74) is 2.54. The molecule has 1 N–H and O–H groups in total. The minimum Gasteiger partial charge on any atom is -0.352 e. The van der Waals surface area contributed by atoms with Crippen LogP contribution in [-0.4, -0.2) is 48.9 Å². The van der Waals surface area contributed by atoms with E-state index in [9.17, 15) is 4.79 Å². The zero-order chi connectivity index (χ0) is 18.6. The molecule has 1 aliphatic heterocycles. The lowest BCUT2D eigenvalue weighted by atomic mass is 10.1. The monoisotopic (exact) mass is 359 g/mol. The number of carbonyl (C=O) groups excluding carboxylic acids is 1. The van der Waals surface area contributed by atoms with Gasteiger partial charge in [0.05, 0.1) is 0 Å². The predicted molar refractivity (Wildman–Crippen MR) is 109 cm³/mol. The maximum atomic E-state index is 11.9. The number of hydrogen-bond acceptors (Lipinski definition) is 3. The first kappa shape index (κ1) is 20.9. The van der Waals surface area contributed by atoms with Crippen molar-refractivity contribution in [2.75, 3.05) is 33.2 Å². The van der Waals surface area contributed by atoms with Crippen molar-refractivity contribution < 1.29 is 4.79 Å². The highest BCUT2D eigenvalue weighted by Crippen LogP contribution is 2.10. The maximum Gasteiger partial charge on any atom is 0.220 e. The summed E-state index contributed by atoms with van der Waals surface area (Å²) < 4.78 is 0. The molecule has 1 aliphatic rings. The smallest absolute Gasteiger partial charge is 0.220 e. The summed E-state index contributed by atoms with van der Waals surface area (Å²) in [5.74, 6) is 0.182. The Bertz CT molecular complexity index is 507. The van der Waals surface area contributed by atoms with Crippen molar-refractivity contribution in [3.05, 3.63) is 35.4 Å². The molecule has 4 nitrogen and oxygen atoms in total. The van der Waals surface area contributed by atoms with Gasteiger partial charge in [0.15, 0.2) is 0 Å². The minimum atomic E-state index is 0.182. The van der Waals surface area contributed by atoms with E-state index in [1.807, 2.05) is 0 Å².